The molecule has 16 heteroatoms. The third kappa shape index (κ3) is 14.6. The van der Waals surface area contributed by atoms with Crippen molar-refractivity contribution >= 4 is 83.9 Å². The number of aromatic hydroxyl groups is 1. The molecule has 5 N–H and O–H groups in total. The molecule has 0 bridgehead atoms. The van der Waals surface area contributed by atoms with Gasteiger partial charge in [0.25, 0.3) is 17.7 Å². The SMILES string of the molecule is CC(C)Br.COC(=O)C1(NC(=O)c2cccc(C)c2O)Cc2cccc3cccc(c23)C1.COC(=O)C1(NC(=O)c2cccc(C)c2OC(C)C)Cc2cccc3cccc(c23)C1.Cc1cccc(C(=O)NC2(C(=O)O)Cc3cccc4cccc(c34)C2)c1OC(C)C. The molecule has 15 nitrogen and oxygen atoms in total. The Balaban J connectivity index is 0.000000160. The molecule has 0 unspecified atom stereocenters. The minimum atomic E-state index is -1.42. The number of ether oxygens (including phenoxy) is 4. The molecular weight excluding hydrogens is 1240 g/mol. The molecule has 0 spiro atoms. The summed E-state index contributed by atoms with van der Waals surface area (Å²) in [4.78, 5) is 78.7. The minimum absolute atomic E-state index is 0.0821. The molecule has 0 radical (unpaired) electrons. The van der Waals surface area contributed by atoms with Crippen LogP contribution in [0.5, 0.6) is 17.2 Å². The van der Waals surface area contributed by atoms with Crippen LogP contribution >= 0.6 is 15.9 Å². The number of esters is 2. The van der Waals surface area contributed by atoms with Gasteiger partial charge in [0.1, 0.15) is 33.9 Å². The Kier molecular flexibility index (Phi) is 20.8. The van der Waals surface area contributed by atoms with E-state index < -0.39 is 46.3 Å². The summed E-state index contributed by atoms with van der Waals surface area (Å²) in [6.45, 7) is 17.3. The number of phenols is 1. The predicted molar refractivity (Wildman–Crippen MR) is 367 cm³/mol. The molecule has 93 heavy (non-hydrogen) atoms. The Bertz CT molecular complexity index is 4220. The van der Waals surface area contributed by atoms with Gasteiger partial charge < -0.3 is 45.1 Å². The van der Waals surface area contributed by atoms with E-state index in [1.54, 1.807) is 43.3 Å². The summed E-state index contributed by atoms with van der Waals surface area (Å²) in [6.07, 6.45) is 1.66. The number of carbonyl (C=O) groups is 6. The van der Waals surface area contributed by atoms with Crippen LogP contribution in [0.1, 0.15) is 123 Å². The smallest absolute Gasteiger partial charge is 0.332 e. The zero-order valence-corrected chi connectivity index (χ0v) is 56.0. The van der Waals surface area contributed by atoms with E-state index in [0.717, 1.165) is 76.8 Å². The quantitative estimate of drug-likeness (QED) is 0.0538. The van der Waals surface area contributed by atoms with Crippen molar-refractivity contribution in [3.05, 3.63) is 231 Å². The van der Waals surface area contributed by atoms with Crippen molar-refractivity contribution in [2.45, 2.75) is 134 Å². The molecule has 0 saturated carbocycles. The average Bonchev–Trinajstić information content (AvgIpc) is 0.763. The van der Waals surface area contributed by atoms with Crippen molar-refractivity contribution in [2.24, 2.45) is 0 Å². The number of halogens is 1. The number of nitrogens with one attached hydrogen (secondary N) is 3. The lowest BCUT2D eigenvalue weighted by Crippen LogP contribution is -2.59. The third-order valence-corrected chi connectivity index (χ3v) is 16.9. The number of hydrogen-bond donors (Lipinski definition) is 5. The molecule has 0 atom stereocenters. The number of rotatable bonds is 13. The number of aryl methyl sites for hydroxylation is 3. The van der Waals surface area contributed by atoms with Crippen LogP contribution in [0.2, 0.25) is 0 Å². The number of alkyl halides is 1. The summed E-state index contributed by atoms with van der Waals surface area (Å²) in [7, 11) is 2.68. The van der Waals surface area contributed by atoms with Crippen molar-refractivity contribution in [3.63, 3.8) is 0 Å². The molecule has 12 rings (SSSR count). The summed E-state index contributed by atoms with van der Waals surface area (Å²) in [5, 5.41) is 35.9. The van der Waals surface area contributed by atoms with Crippen LogP contribution in [0, 0.1) is 20.8 Å². The lowest BCUT2D eigenvalue weighted by Gasteiger charge is -2.36. The maximum absolute atomic E-state index is 13.4. The van der Waals surface area contributed by atoms with Gasteiger partial charge in [-0.25, -0.2) is 14.4 Å². The highest BCUT2D eigenvalue weighted by atomic mass is 79.9. The van der Waals surface area contributed by atoms with Gasteiger partial charge in [0, 0.05) is 43.4 Å². The summed E-state index contributed by atoms with van der Waals surface area (Å²) in [6, 6.07) is 51.5. The van der Waals surface area contributed by atoms with E-state index >= 15 is 0 Å². The van der Waals surface area contributed by atoms with Gasteiger partial charge in [0.05, 0.1) is 43.1 Å². The van der Waals surface area contributed by atoms with E-state index in [9.17, 15) is 39.0 Å². The third-order valence-electron chi connectivity index (χ3n) is 16.9. The van der Waals surface area contributed by atoms with Gasteiger partial charge >= 0.3 is 17.9 Å². The largest absolute Gasteiger partial charge is 0.507 e. The first kappa shape index (κ1) is 67.8. The Morgan fingerprint density at radius 2 is 0.667 bits per heavy atom. The molecule has 9 aromatic carbocycles. The van der Waals surface area contributed by atoms with Crippen LogP contribution in [0.25, 0.3) is 32.3 Å². The zero-order chi connectivity index (χ0) is 67.1. The maximum Gasteiger partial charge on any atom is 0.332 e. The van der Waals surface area contributed by atoms with E-state index in [-0.39, 0.29) is 42.3 Å². The Hall–Kier alpha value is -9.54. The molecule has 0 aliphatic heterocycles. The molecule has 3 aliphatic rings. The van der Waals surface area contributed by atoms with Gasteiger partial charge in [0.15, 0.2) is 0 Å². The Morgan fingerprint density at radius 3 is 0.957 bits per heavy atom. The van der Waals surface area contributed by atoms with Crippen molar-refractivity contribution in [2.75, 3.05) is 14.2 Å². The molecule has 0 fully saturated rings. The van der Waals surface area contributed by atoms with Gasteiger partial charge in [-0.2, -0.15) is 0 Å². The Labute approximate surface area is 551 Å². The first-order valence-electron chi connectivity index (χ1n) is 31.1. The number of benzene rings is 9. The van der Waals surface area contributed by atoms with E-state index in [2.05, 4.69) is 57.9 Å². The van der Waals surface area contributed by atoms with Crippen molar-refractivity contribution < 1.29 is 57.9 Å². The lowest BCUT2D eigenvalue weighted by molar-refractivity contribution is -0.149. The molecular formula is C77H80BrN3O12. The van der Waals surface area contributed by atoms with E-state index in [1.165, 1.54) is 14.2 Å². The fourth-order valence-electron chi connectivity index (χ4n) is 12.9. The highest BCUT2D eigenvalue weighted by Gasteiger charge is 2.48. The summed E-state index contributed by atoms with van der Waals surface area (Å²) >= 11 is 3.27. The topological polar surface area (TPSA) is 216 Å². The van der Waals surface area contributed by atoms with Crippen molar-refractivity contribution in [3.8, 4) is 17.2 Å². The monoisotopic (exact) mass is 1320 g/mol. The van der Waals surface area contributed by atoms with E-state index in [1.807, 2.05) is 157 Å². The van der Waals surface area contributed by atoms with E-state index in [4.69, 9.17) is 18.9 Å². The van der Waals surface area contributed by atoms with Crippen LogP contribution in [0.3, 0.4) is 0 Å². The van der Waals surface area contributed by atoms with Crippen LogP contribution in [-0.2, 0) is 62.4 Å². The fraction of sp³-hybridized carbons (Fsp3) is 0.299. The number of methoxy groups -OCH3 is 2. The van der Waals surface area contributed by atoms with Crippen LogP contribution in [-0.4, -0.2) is 93.7 Å². The molecule has 0 aromatic heterocycles. The van der Waals surface area contributed by atoms with Gasteiger partial charge in [0.2, 0.25) is 0 Å². The second-order valence-corrected chi connectivity index (χ2v) is 26.8. The number of phenolic OH excluding ortho intramolecular Hbond substituents is 1. The molecule has 3 amide bonds. The number of carboxylic acid groups (broad SMARTS) is 1. The van der Waals surface area contributed by atoms with Gasteiger partial charge in [-0.1, -0.05) is 175 Å². The molecule has 3 aliphatic carbocycles. The minimum Gasteiger partial charge on any atom is -0.507 e. The second-order valence-electron chi connectivity index (χ2n) is 25.0. The number of carbonyl (C=O) groups excluding carboxylic acids is 5. The summed E-state index contributed by atoms with van der Waals surface area (Å²) < 4.78 is 22.1. The molecule has 0 saturated heterocycles. The number of para-hydroxylation sites is 3. The standard InChI is InChI=1S/C26H27NO4.C25H25NO4.C23H21NO4.C3H7Br/c1-16(2)31-23-17(3)8-5-13-21(23)24(28)27-26(25(29)30-4)14-19-11-6-9-18-10-7-12-20(15-26)22(18)19;1-15(2)30-22-16(3)7-4-12-20(22)23(27)26-25(24(28)29)13-18-10-5-8-17-9-6-11-19(14-25)21(17)18;1-14-6-3-11-18(20(14)25)21(26)24-23(22(27)28-2)12-16-9-4-7-15-8-5-10-17(13-23)19(15)16;1-3(2)4/h5-13,16H,14-15H2,1-4H3,(H,27,28);4-12,15H,13-14H2,1-3H3,(H,26,27)(H,28,29);3-11,25H,12-13H2,1-2H3,(H,24,26);3H,1-2H3. The number of carboxylic acids is 1. The van der Waals surface area contributed by atoms with Crippen molar-refractivity contribution in [1.29, 1.82) is 0 Å². The number of amides is 3. The summed E-state index contributed by atoms with van der Waals surface area (Å²) in [5.74, 6) is -2.35. The predicted octanol–water partition coefficient (Wildman–Crippen LogP) is 13.7. The van der Waals surface area contributed by atoms with Gasteiger partial charge in [-0.3, -0.25) is 14.4 Å². The Morgan fingerprint density at radius 1 is 0.409 bits per heavy atom. The lowest BCUT2D eigenvalue weighted by atomic mass is 9.76. The molecule has 9 aromatic rings. The van der Waals surface area contributed by atoms with E-state index in [0.29, 0.717) is 58.7 Å². The first-order chi connectivity index (χ1) is 44.3. The highest BCUT2D eigenvalue weighted by Crippen LogP contribution is 2.40. The fourth-order valence-corrected chi connectivity index (χ4v) is 12.9. The van der Waals surface area contributed by atoms with Gasteiger partial charge in [-0.15, -0.1) is 0 Å². The van der Waals surface area contributed by atoms with Gasteiger partial charge in [-0.05, 0) is 149 Å². The zero-order valence-electron chi connectivity index (χ0n) is 54.4. The summed E-state index contributed by atoms with van der Waals surface area (Å²) in [5.41, 5.74) is 5.23. The highest BCUT2D eigenvalue weighted by molar-refractivity contribution is 9.09. The second kappa shape index (κ2) is 28.5. The number of aliphatic carboxylic acids is 1. The van der Waals surface area contributed by atoms with Crippen LogP contribution in [0.4, 0.5) is 0 Å². The van der Waals surface area contributed by atoms with Crippen molar-refractivity contribution in [1.82, 2.24) is 16.0 Å². The van der Waals surface area contributed by atoms with Crippen LogP contribution in [0.15, 0.2) is 164 Å². The normalized spacial score (nSPS) is 14.2. The van der Waals surface area contributed by atoms with Crippen LogP contribution < -0.4 is 25.4 Å². The first-order valence-corrected chi connectivity index (χ1v) is 32.1. The molecule has 0 heterocycles. The average molecular weight is 1320 g/mol. The maximum atomic E-state index is 13.4. The molecule has 482 valence electrons. The number of hydrogen-bond acceptors (Lipinski definition) is 11.